The second kappa shape index (κ2) is 8.12. The van der Waals surface area contributed by atoms with E-state index in [0.717, 1.165) is 0 Å². The van der Waals surface area contributed by atoms with Gasteiger partial charge in [0.05, 0.1) is 17.4 Å². The average molecular weight is 395 g/mol. The zero-order chi connectivity index (χ0) is 20.4. The Balaban J connectivity index is 2.04. The van der Waals surface area contributed by atoms with Crippen LogP contribution in [0, 0.1) is 17.3 Å². The Morgan fingerprint density at radius 3 is 2.37 bits per heavy atom. The minimum atomic E-state index is -3.62. The average Bonchev–Trinajstić information content (AvgIpc) is 3.07. The van der Waals surface area contributed by atoms with Gasteiger partial charge in [-0.15, -0.1) is 0 Å². The molecule has 0 saturated heterocycles. The molecule has 1 aromatic rings. The third-order valence-corrected chi connectivity index (χ3v) is 6.52. The first kappa shape index (κ1) is 21.6. The Labute approximate surface area is 162 Å². The first-order valence-electron chi connectivity index (χ1n) is 9.06. The highest BCUT2D eigenvalue weighted by Crippen LogP contribution is 2.59. The van der Waals surface area contributed by atoms with Crippen LogP contribution in [0.1, 0.15) is 34.6 Å². The molecule has 3 atom stereocenters. The maximum absolute atomic E-state index is 12.6. The number of hydrogen-bond acceptors (Lipinski definition) is 4. The number of carbonyl (C=O) groups is 1. The van der Waals surface area contributed by atoms with Gasteiger partial charge in [0.2, 0.25) is 15.9 Å². The molecular weight excluding hydrogens is 364 g/mol. The van der Waals surface area contributed by atoms with E-state index in [2.05, 4.69) is 30.0 Å². The molecule has 27 heavy (non-hydrogen) atoms. The van der Waals surface area contributed by atoms with E-state index in [1.165, 1.54) is 24.8 Å². The molecular formula is C20H30N2O4S. The fourth-order valence-corrected chi connectivity index (χ4v) is 4.63. The van der Waals surface area contributed by atoms with Crippen molar-refractivity contribution in [3.8, 4) is 0 Å². The number of carbonyl (C=O) groups excluding carboxylic acids is 1. The van der Waals surface area contributed by atoms with E-state index < -0.39 is 10.0 Å². The normalized spacial score (nSPS) is 22.0. The second-order valence-electron chi connectivity index (χ2n) is 8.06. The smallest absolute Gasteiger partial charge is 0.240 e. The van der Waals surface area contributed by atoms with E-state index in [1.807, 2.05) is 13.8 Å². The predicted molar refractivity (Wildman–Crippen MR) is 107 cm³/mol. The lowest BCUT2D eigenvalue weighted by atomic mass is 10.1. The molecule has 0 aromatic heterocycles. The van der Waals surface area contributed by atoms with E-state index in [1.54, 1.807) is 19.1 Å². The summed E-state index contributed by atoms with van der Waals surface area (Å²) in [7, 11) is -2.10. The van der Waals surface area contributed by atoms with Crippen molar-refractivity contribution in [3.05, 3.63) is 35.9 Å². The molecule has 0 radical (unpaired) electrons. The zero-order valence-electron chi connectivity index (χ0n) is 16.9. The van der Waals surface area contributed by atoms with Crippen LogP contribution in [0.3, 0.4) is 0 Å². The minimum Gasteiger partial charge on any atom is -0.383 e. The molecule has 2 rings (SSSR count). The highest BCUT2D eigenvalue weighted by atomic mass is 32.2. The van der Waals surface area contributed by atoms with Crippen molar-refractivity contribution in [2.45, 2.75) is 45.6 Å². The summed E-state index contributed by atoms with van der Waals surface area (Å²) in [6.07, 6.45) is 2.15. The third-order valence-electron chi connectivity index (χ3n) is 4.91. The lowest BCUT2D eigenvalue weighted by Gasteiger charge is -2.13. The van der Waals surface area contributed by atoms with Crippen molar-refractivity contribution in [2.75, 3.05) is 19.0 Å². The van der Waals surface area contributed by atoms with Crippen molar-refractivity contribution in [1.82, 2.24) is 4.72 Å². The van der Waals surface area contributed by atoms with Crippen molar-refractivity contribution in [3.63, 3.8) is 0 Å². The van der Waals surface area contributed by atoms with Gasteiger partial charge in [0.1, 0.15) is 0 Å². The number of anilines is 1. The van der Waals surface area contributed by atoms with Gasteiger partial charge in [-0.05, 0) is 56.4 Å². The number of hydrogen-bond donors (Lipinski definition) is 2. The fourth-order valence-electron chi connectivity index (χ4n) is 3.40. The van der Waals surface area contributed by atoms with Crippen LogP contribution in [0.4, 0.5) is 5.69 Å². The van der Waals surface area contributed by atoms with E-state index in [9.17, 15) is 13.2 Å². The molecule has 0 heterocycles. The molecule has 1 aliphatic carbocycles. The second-order valence-corrected chi connectivity index (χ2v) is 9.77. The number of methoxy groups -OCH3 is 1. The molecule has 150 valence electrons. The maximum atomic E-state index is 12.6. The van der Waals surface area contributed by atoms with E-state index in [-0.39, 0.29) is 40.7 Å². The van der Waals surface area contributed by atoms with Crippen molar-refractivity contribution in [2.24, 2.45) is 17.3 Å². The molecule has 2 N–H and O–H groups in total. The van der Waals surface area contributed by atoms with Gasteiger partial charge in [0.25, 0.3) is 0 Å². The number of benzene rings is 1. The summed E-state index contributed by atoms with van der Waals surface area (Å²) in [6.45, 7) is 10.3. The Kier molecular flexibility index (Phi) is 6.50. The largest absolute Gasteiger partial charge is 0.383 e. The zero-order valence-corrected chi connectivity index (χ0v) is 17.7. The first-order chi connectivity index (χ1) is 12.5. The van der Waals surface area contributed by atoms with Crippen LogP contribution in [-0.4, -0.2) is 34.1 Å². The van der Waals surface area contributed by atoms with Crippen LogP contribution in [0.2, 0.25) is 0 Å². The monoisotopic (exact) mass is 394 g/mol. The number of sulfonamides is 1. The predicted octanol–water partition coefficient (Wildman–Crippen LogP) is 3.18. The Hall–Kier alpha value is -1.70. The SMILES string of the molecule is COCC(C)NS(=O)(=O)c1ccc(NC(=O)C2C(C=C(C)C)C2(C)C)cc1. The molecule has 1 aromatic carbocycles. The number of ether oxygens (including phenoxy) is 1. The topological polar surface area (TPSA) is 84.5 Å². The Morgan fingerprint density at radius 1 is 1.26 bits per heavy atom. The fraction of sp³-hybridized carbons (Fsp3) is 0.550. The van der Waals surface area contributed by atoms with Gasteiger partial charge < -0.3 is 10.1 Å². The molecule has 1 aliphatic rings. The van der Waals surface area contributed by atoms with Gasteiger partial charge in [0.15, 0.2) is 0 Å². The van der Waals surface area contributed by atoms with Gasteiger partial charge in [-0.3, -0.25) is 4.79 Å². The molecule has 0 spiro atoms. The summed E-state index contributed by atoms with van der Waals surface area (Å²) in [5, 5.41) is 2.90. The molecule has 7 heteroatoms. The van der Waals surface area contributed by atoms with Crippen LogP contribution in [0.25, 0.3) is 0 Å². The molecule has 0 aliphatic heterocycles. The molecule has 6 nitrogen and oxygen atoms in total. The van der Waals surface area contributed by atoms with Crippen LogP contribution in [-0.2, 0) is 19.6 Å². The number of nitrogens with one attached hydrogen (secondary N) is 2. The lowest BCUT2D eigenvalue weighted by molar-refractivity contribution is -0.118. The summed E-state index contributed by atoms with van der Waals surface area (Å²) in [4.78, 5) is 12.7. The first-order valence-corrected chi connectivity index (χ1v) is 10.5. The number of allylic oxidation sites excluding steroid dienone is 2. The molecule has 1 fully saturated rings. The summed E-state index contributed by atoms with van der Waals surface area (Å²) < 4.78 is 32.2. The van der Waals surface area contributed by atoms with Crippen LogP contribution < -0.4 is 10.0 Å². The van der Waals surface area contributed by atoms with Crippen LogP contribution >= 0.6 is 0 Å². The Bertz CT molecular complexity index is 809. The van der Waals surface area contributed by atoms with E-state index in [4.69, 9.17) is 4.74 Å². The van der Waals surface area contributed by atoms with Crippen molar-refractivity contribution >= 4 is 21.6 Å². The molecule has 1 amide bonds. The van der Waals surface area contributed by atoms with Crippen LogP contribution in [0.15, 0.2) is 40.8 Å². The van der Waals surface area contributed by atoms with Gasteiger partial charge >= 0.3 is 0 Å². The summed E-state index contributed by atoms with van der Waals surface area (Å²) in [5.41, 5.74) is 1.72. The molecule has 3 unspecified atom stereocenters. The number of amides is 1. The quantitative estimate of drug-likeness (QED) is 0.663. The third kappa shape index (κ3) is 5.18. The standard InChI is InChI=1S/C20H30N2O4S/c1-13(2)11-17-18(20(17,4)5)19(23)21-15-7-9-16(10-8-15)27(24,25)22-14(3)12-26-6/h7-11,14,17-18,22H,12H2,1-6H3,(H,21,23). The Morgan fingerprint density at radius 2 is 1.85 bits per heavy atom. The van der Waals surface area contributed by atoms with Crippen molar-refractivity contribution in [1.29, 1.82) is 0 Å². The van der Waals surface area contributed by atoms with Gasteiger partial charge in [-0.25, -0.2) is 13.1 Å². The van der Waals surface area contributed by atoms with E-state index in [0.29, 0.717) is 5.69 Å². The van der Waals surface area contributed by atoms with E-state index >= 15 is 0 Å². The van der Waals surface area contributed by atoms with Gasteiger partial charge in [-0.2, -0.15) is 0 Å². The van der Waals surface area contributed by atoms with Gasteiger partial charge in [0, 0.05) is 18.8 Å². The lowest BCUT2D eigenvalue weighted by Crippen LogP contribution is -2.35. The van der Waals surface area contributed by atoms with Crippen molar-refractivity contribution < 1.29 is 17.9 Å². The summed E-state index contributed by atoms with van der Waals surface area (Å²) in [5.74, 6) is 0.117. The number of rotatable bonds is 8. The highest BCUT2D eigenvalue weighted by molar-refractivity contribution is 7.89. The van der Waals surface area contributed by atoms with Gasteiger partial charge in [-0.1, -0.05) is 25.5 Å². The summed E-state index contributed by atoms with van der Waals surface area (Å²) in [6, 6.07) is 5.87. The molecule has 1 saturated carbocycles. The minimum absolute atomic E-state index is 0.0371. The maximum Gasteiger partial charge on any atom is 0.240 e. The van der Waals surface area contributed by atoms with Crippen LogP contribution in [0.5, 0.6) is 0 Å². The summed E-state index contributed by atoms with van der Waals surface area (Å²) >= 11 is 0. The highest BCUT2D eigenvalue weighted by Gasteiger charge is 2.60. The molecule has 0 bridgehead atoms.